The Morgan fingerprint density at radius 2 is 1.90 bits per heavy atom. The Bertz CT molecular complexity index is 789. The molecule has 0 amide bonds. The van der Waals surface area contributed by atoms with Crippen molar-refractivity contribution in [2.24, 2.45) is 11.8 Å². The number of benzene rings is 1. The van der Waals surface area contributed by atoms with Gasteiger partial charge >= 0.3 is 11.9 Å². The van der Waals surface area contributed by atoms with Gasteiger partial charge < -0.3 is 15.3 Å². The number of hydrogen-bond donors (Lipinski definition) is 3. The van der Waals surface area contributed by atoms with Crippen LogP contribution in [0.4, 0.5) is 0 Å². The number of piperidine rings is 1. The first-order valence-electron chi connectivity index (χ1n) is 10.9. The maximum absolute atomic E-state index is 11.4. The van der Waals surface area contributed by atoms with E-state index in [9.17, 15) is 19.8 Å². The van der Waals surface area contributed by atoms with Gasteiger partial charge in [0.15, 0.2) is 0 Å². The number of fused-ring (bicyclic) bond motifs is 4. The van der Waals surface area contributed by atoms with Gasteiger partial charge in [-0.15, -0.1) is 0 Å². The molecular formula is C23H31NO5. The Labute approximate surface area is 171 Å². The van der Waals surface area contributed by atoms with E-state index in [0.717, 1.165) is 43.8 Å². The average molecular weight is 402 g/mol. The topological polar surface area (TPSA) is 98.1 Å². The van der Waals surface area contributed by atoms with Gasteiger partial charge in [-0.1, -0.05) is 6.07 Å². The normalized spacial score (nSPS) is 28.7. The van der Waals surface area contributed by atoms with Crippen LogP contribution in [0.3, 0.4) is 0 Å². The molecule has 0 spiro atoms. The van der Waals surface area contributed by atoms with Crippen molar-refractivity contribution in [1.82, 2.24) is 4.90 Å². The molecule has 1 heterocycles. The molecule has 0 radical (unpaired) electrons. The predicted molar refractivity (Wildman–Crippen MR) is 108 cm³/mol. The van der Waals surface area contributed by atoms with Gasteiger partial charge in [-0.25, -0.2) is 0 Å². The van der Waals surface area contributed by atoms with E-state index in [1.165, 1.54) is 18.4 Å². The Kier molecular flexibility index (Phi) is 5.56. The van der Waals surface area contributed by atoms with Crippen molar-refractivity contribution in [2.75, 3.05) is 13.1 Å². The summed E-state index contributed by atoms with van der Waals surface area (Å²) in [5, 5.41) is 28.7. The fourth-order valence-electron chi connectivity index (χ4n) is 5.96. The third-order valence-corrected chi connectivity index (χ3v) is 7.42. The molecule has 3 atom stereocenters. The summed E-state index contributed by atoms with van der Waals surface area (Å²) in [7, 11) is 0. The fourth-order valence-corrected chi connectivity index (χ4v) is 5.96. The molecule has 3 unspecified atom stereocenters. The van der Waals surface area contributed by atoms with Crippen LogP contribution in [0.25, 0.3) is 0 Å². The van der Waals surface area contributed by atoms with Gasteiger partial charge in [-0.3, -0.25) is 14.5 Å². The lowest BCUT2D eigenvalue weighted by Crippen LogP contribution is -2.60. The van der Waals surface area contributed by atoms with Gasteiger partial charge in [-0.2, -0.15) is 0 Å². The van der Waals surface area contributed by atoms with Crippen molar-refractivity contribution in [3.05, 3.63) is 29.3 Å². The third kappa shape index (κ3) is 4.13. The summed E-state index contributed by atoms with van der Waals surface area (Å²) in [5.41, 5.74) is 2.11. The molecule has 1 aliphatic heterocycles. The molecule has 3 N–H and O–H groups in total. The van der Waals surface area contributed by atoms with E-state index in [2.05, 4.69) is 4.90 Å². The van der Waals surface area contributed by atoms with Crippen LogP contribution in [-0.2, 0) is 21.4 Å². The van der Waals surface area contributed by atoms with E-state index in [4.69, 9.17) is 5.11 Å². The molecule has 6 heteroatoms. The maximum Gasteiger partial charge on any atom is 0.303 e. The molecule has 2 bridgehead atoms. The van der Waals surface area contributed by atoms with E-state index in [-0.39, 0.29) is 29.9 Å². The van der Waals surface area contributed by atoms with Crippen LogP contribution in [-0.4, -0.2) is 51.3 Å². The summed E-state index contributed by atoms with van der Waals surface area (Å²) in [6.07, 6.45) is 6.52. The zero-order valence-corrected chi connectivity index (χ0v) is 16.8. The molecule has 3 aliphatic rings. The third-order valence-electron chi connectivity index (χ3n) is 7.42. The summed E-state index contributed by atoms with van der Waals surface area (Å²) in [6.45, 7) is 2.06. The Balaban J connectivity index is 1.71. The second kappa shape index (κ2) is 7.98. The first kappa shape index (κ1) is 20.2. The number of aromatic hydroxyl groups is 1. The molecule has 1 aromatic rings. The number of rotatable bonds is 9. The number of phenolic OH excluding ortho intramolecular Hbond substituents is 1. The Hall–Kier alpha value is -2.08. The zero-order chi connectivity index (χ0) is 20.6. The van der Waals surface area contributed by atoms with Crippen LogP contribution in [0, 0.1) is 11.8 Å². The molecular weight excluding hydrogens is 370 g/mol. The second-order valence-electron chi connectivity index (χ2n) is 9.24. The first-order chi connectivity index (χ1) is 13.9. The molecule has 29 heavy (non-hydrogen) atoms. The molecule has 158 valence electrons. The smallest absolute Gasteiger partial charge is 0.303 e. The highest BCUT2D eigenvalue weighted by Gasteiger charge is 2.53. The molecule has 2 fully saturated rings. The van der Waals surface area contributed by atoms with E-state index in [0.29, 0.717) is 18.9 Å². The Morgan fingerprint density at radius 3 is 2.59 bits per heavy atom. The Morgan fingerprint density at radius 1 is 1.14 bits per heavy atom. The van der Waals surface area contributed by atoms with Crippen molar-refractivity contribution in [3.8, 4) is 5.75 Å². The number of hydrogen-bond acceptors (Lipinski definition) is 4. The summed E-state index contributed by atoms with van der Waals surface area (Å²) in [4.78, 5) is 25.1. The fraction of sp³-hybridized carbons (Fsp3) is 0.652. The summed E-state index contributed by atoms with van der Waals surface area (Å²) < 4.78 is 0. The molecule has 0 aromatic heterocycles. The van der Waals surface area contributed by atoms with Gasteiger partial charge in [0.05, 0.1) is 0 Å². The lowest BCUT2D eigenvalue weighted by Gasteiger charge is -2.57. The highest BCUT2D eigenvalue weighted by Crippen LogP contribution is 2.54. The van der Waals surface area contributed by atoms with Gasteiger partial charge in [0.25, 0.3) is 0 Å². The highest BCUT2D eigenvalue weighted by molar-refractivity contribution is 5.67. The monoisotopic (exact) mass is 401 g/mol. The van der Waals surface area contributed by atoms with Crippen LogP contribution < -0.4 is 0 Å². The van der Waals surface area contributed by atoms with Crippen LogP contribution in [0.1, 0.15) is 62.5 Å². The lowest BCUT2D eigenvalue weighted by atomic mass is 9.54. The van der Waals surface area contributed by atoms with E-state index in [1.54, 1.807) is 6.07 Å². The zero-order valence-electron chi connectivity index (χ0n) is 16.8. The van der Waals surface area contributed by atoms with Crippen molar-refractivity contribution in [3.63, 3.8) is 0 Å². The van der Waals surface area contributed by atoms with Crippen LogP contribution in [0.5, 0.6) is 5.75 Å². The molecule has 1 saturated carbocycles. The van der Waals surface area contributed by atoms with Gasteiger partial charge in [0.2, 0.25) is 0 Å². The van der Waals surface area contributed by atoms with E-state index >= 15 is 0 Å². The second-order valence-corrected chi connectivity index (χ2v) is 9.24. The van der Waals surface area contributed by atoms with Crippen molar-refractivity contribution < 1.29 is 24.9 Å². The van der Waals surface area contributed by atoms with Crippen molar-refractivity contribution >= 4 is 11.9 Å². The van der Waals surface area contributed by atoms with Crippen molar-refractivity contribution in [2.45, 2.75) is 69.2 Å². The van der Waals surface area contributed by atoms with Crippen LogP contribution in [0.15, 0.2) is 18.2 Å². The van der Waals surface area contributed by atoms with Gasteiger partial charge in [0.1, 0.15) is 5.75 Å². The van der Waals surface area contributed by atoms with Gasteiger partial charge in [-0.05, 0) is 86.6 Å². The maximum atomic E-state index is 11.4. The quantitative estimate of drug-likeness (QED) is 0.587. The minimum Gasteiger partial charge on any atom is -0.508 e. The molecule has 1 saturated heterocycles. The van der Waals surface area contributed by atoms with E-state index < -0.39 is 11.9 Å². The predicted octanol–water partition coefficient (Wildman–Crippen LogP) is 3.41. The van der Waals surface area contributed by atoms with Crippen LogP contribution in [0.2, 0.25) is 0 Å². The summed E-state index contributed by atoms with van der Waals surface area (Å²) in [5.74, 6) is -0.389. The summed E-state index contributed by atoms with van der Waals surface area (Å²) >= 11 is 0. The van der Waals surface area contributed by atoms with Crippen molar-refractivity contribution in [1.29, 1.82) is 0 Å². The molecule has 4 rings (SSSR count). The number of likely N-dealkylation sites (tertiary alicyclic amines) is 1. The molecule has 2 aliphatic carbocycles. The summed E-state index contributed by atoms with van der Waals surface area (Å²) in [6, 6.07) is 5.90. The number of carbonyl (C=O) groups is 2. The number of nitrogens with zero attached hydrogens (tertiary/aromatic N) is 1. The average Bonchev–Trinajstić information content (AvgIpc) is 3.47. The van der Waals surface area contributed by atoms with Crippen LogP contribution >= 0.6 is 0 Å². The SMILES string of the molecule is O=C(O)CCCC12CCN(CC3CC3)C(Cc3ccc(O)cc31)C2CCC(=O)O. The molecule has 6 nitrogen and oxygen atoms in total. The van der Waals surface area contributed by atoms with E-state index in [1.807, 2.05) is 12.1 Å². The number of aliphatic carboxylic acids is 2. The number of carboxylic acid groups (broad SMARTS) is 2. The number of carboxylic acids is 2. The van der Waals surface area contributed by atoms with Gasteiger partial charge in [0, 0.05) is 30.8 Å². The minimum absolute atomic E-state index is 0.123. The largest absolute Gasteiger partial charge is 0.508 e. The standard InChI is InChI=1S/C23H31NO5/c25-17-6-5-16-12-20-18(7-8-22(28)29)23(19(16)13-17,9-1-2-21(26)27)10-11-24(20)14-15-3-4-15/h5-6,13,15,18,20,25H,1-4,7-12,14H2,(H,26,27)(H,28,29). The minimum atomic E-state index is -0.793. The molecule has 1 aromatic carbocycles. The lowest BCUT2D eigenvalue weighted by molar-refractivity contribution is -0.138. The highest BCUT2D eigenvalue weighted by atomic mass is 16.4. The first-order valence-corrected chi connectivity index (χ1v) is 10.9. The number of phenols is 1.